The summed E-state index contributed by atoms with van der Waals surface area (Å²) in [6.45, 7) is 7.28. The van der Waals surface area contributed by atoms with Crippen molar-refractivity contribution in [2.45, 2.75) is 25.9 Å². The van der Waals surface area contributed by atoms with Crippen LogP contribution in [-0.4, -0.2) is 55.2 Å². The molecule has 0 bridgehead atoms. The van der Waals surface area contributed by atoms with Crippen LogP contribution in [0.1, 0.15) is 25.5 Å². The number of anilines is 1. The van der Waals surface area contributed by atoms with E-state index in [-0.39, 0.29) is 23.7 Å². The summed E-state index contributed by atoms with van der Waals surface area (Å²) < 4.78 is 5.40. The van der Waals surface area contributed by atoms with Gasteiger partial charge in [-0.15, -0.1) is 0 Å². The quantitative estimate of drug-likeness (QED) is 0.803. The normalized spacial score (nSPS) is 17.0. The van der Waals surface area contributed by atoms with Crippen LogP contribution in [0, 0.1) is 0 Å². The van der Waals surface area contributed by atoms with E-state index in [1.807, 2.05) is 50.2 Å². The van der Waals surface area contributed by atoms with Crippen LogP contribution < -0.4 is 15.0 Å². The lowest BCUT2D eigenvalue weighted by Crippen LogP contribution is -2.54. The van der Waals surface area contributed by atoms with Gasteiger partial charge >= 0.3 is 0 Å². The van der Waals surface area contributed by atoms with Gasteiger partial charge in [-0.3, -0.25) is 9.69 Å². The maximum absolute atomic E-state index is 12.8. The van der Waals surface area contributed by atoms with E-state index in [0.29, 0.717) is 0 Å². The van der Waals surface area contributed by atoms with Gasteiger partial charge in [-0.05, 0) is 44.2 Å². The van der Waals surface area contributed by atoms with Gasteiger partial charge in [0.2, 0.25) is 5.91 Å². The second kappa shape index (κ2) is 8.97. The number of phenolic OH excluding ortho intramolecular Hbond substituents is 1. The van der Waals surface area contributed by atoms with Crippen molar-refractivity contribution in [3.8, 4) is 11.5 Å². The van der Waals surface area contributed by atoms with E-state index in [4.69, 9.17) is 4.74 Å². The fraction of sp³-hybridized carbons (Fsp3) is 0.409. The van der Waals surface area contributed by atoms with Crippen LogP contribution in [0.15, 0.2) is 48.5 Å². The number of hydrogen-bond donors (Lipinski definition) is 2. The van der Waals surface area contributed by atoms with E-state index in [2.05, 4.69) is 15.1 Å². The lowest BCUT2D eigenvalue weighted by atomic mass is 10.1. The molecule has 2 aromatic carbocycles. The number of carbonyl (C=O) groups is 1. The molecule has 6 nitrogen and oxygen atoms in total. The Morgan fingerprint density at radius 2 is 1.68 bits per heavy atom. The standard InChI is InChI=1S/C22H29N3O3/c1-16(20-6-4-5-7-21(20)28-3)23-22(27)17(2)24-12-14-25(15-13-24)18-8-10-19(26)11-9-18/h4-11,16-17,26H,12-15H2,1-3H3,(H,23,27). The van der Waals surface area contributed by atoms with Gasteiger partial charge in [0.15, 0.2) is 0 Å². The summed E-state index contributed by atoms with van der Waals surface area (Å²) in [4.78, 5) is 17.3. The molecule has 1 fully saturated rings. The number of para-hydroxylation sites is 1. The molecule has 2 unspecified atom stereocenters. The molecule has 6 heteroatoms. The minimum absolute atomic E-state index is 0.0245. The lowest BCUT2D eigenvalue weighted by molar-refractivity contribution is -0.126. The van der Waals surface area contributed by atoms with Crippen LogP contribution in [0.4, 0.5) is 5.69 Å². The van der Waals surface area contributed by atoms with Crippen LogP contribution in [0.2, 0.25) is 0 Å². The molecule has 1 amide bonds. The van der Waals surface area contributed by atoms with Gasteiger partial charge in [0, 0.05) is 37.4 Å². The van der Waals surface area contributed by atoms with Gasteiger partial charge < -0.3 is 20.1 Å². The molecular weight excluding hydrogens is 354 g/mol. The van der Waals surface area contributed by atoms with Crippen molar-refractivity contribution in [2.24, 2.45) is 0 Å². The molecule has 0 radical (unpaired) electrons. The summed E-state index contributed by atoms with van der Waals surface area (Å²) in [7, 11) is 1.64. The Morgan fingerprint density at radius 1 is 1.04 bits per heavy atom. The van der Waals surface area contributed by atoms with E-state index < -0.39 is 0 Å². The predicted molar refractivity (Wildman–Crippen MR) is 111 cm³/mol. The fourth-order valence-electron chi connectivity index (χ4n) is 3.63. The van der Waals surface area contributed by atoms with E-state index in [1.54, 1.807) is 19.2 Å². The molecule has 0 spiro atoms. The Bertz CT molecular complexity index is 786. The number of ether oxygens (including phenoxy) is 1. The monoisotopic (exact) mass is 383 g/mol. The highest BCUT2D eigenvalue weighted by Gasteiger charge is 2.27. The summed E-state index contributed by atoms with van der Waals surface area (Å²) in [6.07, 6.45) is 0. The number of nitrogens with zero attached hydrogens (tertiary/aromatic N) is 2. The van der Waals surface area contributed by atoms with Gasteiger partial charge in [-0.1, -0.05) is 18.2 Å². The maximum Gasteiger partial charge on any atom is 0.237 e. The molecule has 2 aromatic rings. The van der Waals surface area contributed by atoms with Gasteiger partial charge in [0.25, 0.3) is 0 Å². The number of carbonyl (C=O) groups excluding carboxylic acids is 1. The van der Waals surface area contributed by atoms with Gasteiger partial charge in [0.1, 0.15) is 11.5 Å². The van der Waals surface area contributed by atoms with Crippen LogP contribution in [0.3, 0.4) is 0 Å². The molecule has 0 aromatic heterocycles. The molecule has 0 saturated carbocycles. The van der Waals surface area contributed by atoms with Crippen LogP contribution in [-0.2, 0) is 4.79 Å². The number of nitrogens with one attached hydrogen (secondary N) is 1. The minimum Gasteiger partial charge on any atom is -0.508 e. The SMILES string of the molecule is COc1ccccc1C(C)NC(=O)C(C)N1CCN(c2ccc(O)cc2)CC1. The summed E-state index contributed by atoms with van der Waals surface area (Å²) in [5.41, 5.74) is 2.07. The number of rotatable bonds is 6. The van der Waals surface area contributed by atoms with Crippen molar-refractivity contribution >= 4 is 11.6 Å². The second-order valence-electron chi connectivity index (χ2n) is 7.19. The first kappa shape index (κ1) is 20.0. The van der Waals surface area contributed by atoms with Crippen LogP contribution in [0.25, 0.3) is 0 Å². The summed E-state index contributed by atoms with van der Waals surface area (Å²) in [5.74, 6) is 1.08. The number of piperazine rings is 1. The molecule has 1 aliphatic heterocycles. The summed E-state index contributed by atoms with van der Waals surface area (Å²) >= 11 is 0. The Balaban J connectivity index is 1.55. The van der Waals surface area contributed by atoms with Crippen molar-refractivity contribution < 1.29 is 14.6 Å². The Labute approximate surface area is 166 Å². The van der Waals surface area contributed by atoms with Crippen molar-refractivity contribution in [3.05, 3.63) is 54.1 Å². The molecule has 0 aliphatic carbocycles. The largest absolute Gasteiger partial charge is 0.508 e. The molecule has 3 rings (SSSR count). The van der Waals surface area contributed by atoms with Crippen molar-refractivity contribution in [1.29, 1.82) is 0 Å². The first-order valence-corrected chi connectivity index (χ1v) is 9.71. The molecule has 2 N–H and O–H groups in total. The zero-order valence-corrected chi connectivity index (χ0v) is 16.8. The van der Waals surface area contributed by atoms with E-state index in [9.17, 15) is 9.90 Å². The molecule has 28 heavy (non-hydrogen) atoms. The van der Waals surface area contributed by atoms with Gasteiger partial charge in [-0.25, -0.2) is 0 Å². The molecule has 1 aliphatic rings. The third kappa shape index (κ3) is 4.57. The number of phenols is 1. The first-order chi connectivity index (χ1) is 13.5. The zero-order chi connectivity index (χ0) is 20.1. The topological polar surface area (TPSA) is 65.0 Å². The Hall–Kier alpha value is -2.73. The van der Waals surface area contributed by atoms with Crippen LogP contribution in [0.5, 0.6) is 11.5 Å². The first-order valence-electron chi connectivity index (χ1n) is 9.71. The maximum atomic E-state index is 12.8. The highest BCUT2D eigenvalue weighted by molar-refractivity contribution is 5.81. The molecule has 2 atom stereocenters. The Kier molecular flexibility index (Phi) is 6.41. The smallest absolute Gasteiger partial charge is 0.237 e. The average molecular weight is 383 g/mol. The van der Waals surface area contributed by atoms with E-state index in [0.717, 1.165) is 43.2 Å². The number of aromatic hydroxyl groups is 1. The van der Waals surface area contributed by atoms with Gasteiger partial charge in [-0.2, -0.15) is 0 Å². The predicted octanol–water partition coefficient (Wildman–Crippen LogP) is 2.79. The van der Waals surface area contributed by atoms with E-state index in [1.165, 1.54) is 0 Å². The summed E-state index contributed by atoms with van der Waals surface area (Å²) in [6, 6.07) is 14.7. The second-order valence-corrected chi connectivity index (χ2v) is 7.19. The van der Waals surface area contributed by atoms with Crippen LogP contribution >= 0.6 is 0 Å². The van der Waals surface area contributed by atoms with E-state index >= 15 is 0 Å². The molecular formula is C22H29N3O3. The molecule has 150 valence electrons. The lowest BCUT2D eigenvalue weighted by Gasteiger charge is -2.38. The minimum atomic E-state index is -0.195. The molecule has 1 saturated heterocycles. The third-order valence-electron chi connectivity index (χ3n) is 5.42. The van der Waals surface area contributed by atoms with Gasteiger partial charge in [0.05, 0.1) is 19.2 Å². The average Bonchev–Trinajstić information content (AvgIpc) is 2.73. The number of hydrogen-bond acceptors (Lipinski definition) is 5. The molecule has 1 heterocycles. The number of benzene rings is 2. The Morgan fingerprint density at radius 3 is 2.32 bits per heavy atom. The number of methoxy groups -OCH3 is 1. The van der Waals surface area contributed by atoms with Crippen molar-refractivity contribution in [2.75, 3.05) is 38.2 Å². The highest BCUT2D eigenvalue weighted by atomic mass is 16.5. The fourth-order valence-corrected chi connectivity index (χ4v) is 3.63. The third-order valence-corrected chi connectivity index (χ3v) is 5.42. The zero-order valence-electron chi connectivity index (χ0n) is 16.8. The summed E-state index contributed by atoms with van der Waals surface area (Å²) in [5, 5.41) is 12.6. The number of amides is 1. The highest BCUT2D eigenvalue weighted by Crippen LogP contribution is 2.25. The van der Waals surface area contributed by atoms with Crippen molar-refractivity contribution in [3.63, 3.8) is 0 Å². The van der Waals surface area contributed by atoms with Crippen molar-refractivity contribution in [1.82, 2.24) is 10.2 Å².